The molecule has 1 aliphatic heterocycles. The van der Waals surface area contributed by atoms with Crippen molar-refractivity contribution in [1.82, 2.24) is 0 Å². The summed E-state index contributed by atoms with van der Waals surface area (Å²) >= 11 is 6.10. The third-order valence-electron chi connectivity index (χ3n) is 3.77. The minimum Gasteiger partial charge on any atom is -0.323 e. The summed E-state index contributed by atoms with van der Waals surface area (Å²) < 4.78 is 13.6. The lowest BCUT2D eigenvalue weighted by molar-refractivity contribution is -0.122. The Morgan fingerprint density at radius 1 is 1.17 bits per heavy atom. The molecule has 1 fully saturated rings. The number of nitrogens with zero attached hydrogens (tertiary/aromatic N) is 1. The van der Waals surface area contributed by atoms with Gasteiger partial charge in [0.1, 0.15) is 5.82 Å². The first kappa shape index (κ1) is 15.5. The Kier molecular flexibility index (Phi) is 4.30. The van der Waals surface area contributed by atoms with Crippen LogP contribution in [0.25, 0.3) is 0 Å². The van der Waals surface area contributed by atoms with Gasteiger partial charge in [-0.05, 0) is 24.3 Å². The number of carbonyl (C=O) groups is 2. The number of benzene rings is 2. The van der Waals surface area contributed by atoms with Crippen molar-refractivity contribution in [1.29, 1.82) is 0 Å². The van der Waals surface area contributed by atoms with Gasteiger partial charge in [-0.1, -0.05) is 35.9 Å². The quantitative estimate of drug-likeness (QED) is 0.935. The van der Waals surface area contributed by atoms with E-state index < -0.39 is 11.7 Å². The summed E-state index contributed by atoms with van der Waals surface area (Å²) in [5.74, 6) is -1.60. The summed E-state index contributed by atoms with van der Waals surface area (Å²) in [7, 11) is 0. The van der Waals surface area contributed by atoms with E-state index in [-0.39, 0.29) is 30.5 Å². The summed E-state index contributed by atoms with van der Waals surface area (Å²) in [5.41, 5.74) is 0.696. The van der Waals surface area contributed by atoms with Gasteiger partial charge in [-0.15, -0.1) is 0 Å². The number of hydrogen-bond donors (Lipinski definition) is 1. The van der Waals surface area contributed by atoms with Crippen LogP contribution in [0.5, 0.6) is 0 Å². The molecule has 0 radical (unpaired) electrons. The number of para-hydroxylation sites is 2. The van der Waals surface area contributed by atoms with Crippen LogP contribution in [-0.2, 0) is 9.59 Å². The molecule has 2 amide bonds. The predicted octanol–water partition coefficient (Wildman–Crippen LogP) is 3.47. The van der Waals surface area contributed by atoms with Gasteiger partial charge < -0.3 is 10.2 Å². The molecule has 1 aliphatic rings. The smallest absolute Gasteiger partial charge is 0.229 e. The third kappa shape index (κ3) is 3.19. The molecule has 23 heavy (non-hydrogen) atoms. The van der Waals surface area contributed by atoms with E-state index in [1.807, 2.05) is 0 Å². The zero-order valence-corrected chi connectivity index (χ0v) is 12.9. The van der Waals surface area contributed by atoms with Crippen LogP contribution in [0.1, 0.15) is 6.42 Å². The summed E-state index contributed by atoms with van der Waals surface area (Å²) in [6.45, 7) is 0.225. The number of carbonyl (C=O) groups excluding carboxylic acids is 2. The summed E-state index contributed by atoms with van der Waals surface area (Å²) in [6.07, 6.45) is 0.0749. The second-order valence-electron chi connectivity index (χ2n) is 5.33. The maximum atomic E-state index is 13.6. The molecule has 0 saturated carbocycles. The van der Waals surface area contributed by atoms with Gasteiger partial charge in [-0.25, -0.2) is 4.39 Å². The number of amides is 2. The molecule has 0 aliphatic carbocycles. The number of anilines is 2. The third-order valence-corrected chi connectivity index (χ3v) is 4.09. The summed E-state index contributed by atoms with van der Waals surface area (Å²) in [5, 5.41) is 2.99. The normalized spacial score (nSPS) is 17.4. The molecule has 1 atom stereocenters. The molecule has 3 rings (SSSR count). The fraction of sp³-hybridized carbons (Fsp3) is 0.176. The number of halogens is 2. The Hall–Kier alpha value is -2.40. The van der Waals surface area contributed by atoms with Crippen LogP contribution in [-0.4, -0.2) is 18.4 Å². The van der Waals surface area contributed by atoms with E-state index >= 15 is 0 Å². The molecule has 0 aromatic heterocycles. The Morgan fingerprint density at radius 2 is 1.87 bits per heavy atom. The van der Waals surface area contributed by atoms with Crippen molar-refractivity contribution < 1.29 is 14.0 Å². The van der Waals surface area contributed by atoms with Crippen LogP contribution >= 0.6 is 11.6 Å². The van der Waals surface area contributed by atoms with Crippen LogP contribution in [0.2, 0.25) is 5.02 Å². The van der Waals surface area contributed by atoms with Crippen molar-refractivity contribution in [2.75, 3.05) is 16.8 Å². The van der Waals surface area contributed by atoms with Gasteiger partial charge in [0, 0.05) is 13.0 Å². The fourth-order valence-corrected chi connectivity index (χ4v) is 2.82. The number of nitrogens with one attached hydrogen (secondary N) is 1. The van der Waals surface area contributed by atoms with Crippen molar-refractivity contribution in [3.63, 3.8) is 0 Å². The first-order chi connectivity index (χ1) is 11.1. The highest BCUT2D eigenvalue weighted by Gasteiger charge is 2.36. The minimum atomic E-state index is -0.543. The second kappa shape index (κ2) is 6.38. The van der Waals surface area contributed by atoms with E-state index in [2.05, 4.69) is 5.32 Å². The minimum absolute atomic E-state index is 0.0749. The highest BCUT2D eigenvalue weighted by Crippen LogP contribution is 2.31. The number of rotatable bonds is 3. The molecule has 1 heterocycles. The molecule has 1 saturated heterocycles. The standard InChI is InChI=1S/C17H14ClFN2O2/c18-12-5-1-4-8-15(12)21-10-11(9-16(21)22)17(23)20-14-7-3-2-6-13(14)19/h1-8,11H,9-10H2,(H,20,23)/t11-/m1/s1. The zero-order valence-electron chi connectivity index (χ0n) is 12.1. The molecule has 0 spiro atoms. The van der Waals surface area contributed by atoms with E-state index in [0.717, 1.165) is 0 Å². The van der Waals surface area contributed by atoms with Crippen LogP contribution in [0.4, 0.5) is 15.8 Å². The second-order valence-corrected chi connectivity index (χ2v) is 5.73. The Labute approximate surface area is 137 Å². The molecular formula is C17H14ClFN2O2. The van der Waals surface area contributed by atoms with Gasteiger partial charge in [0.25, 0.3) is 0 Å². The lowest BCUT2D eigenvalue weighted by atomic mass is 10.1. The van der Waals surface area contributed by atoms with E-state index in [0.29, 0.717) is 10.7 Å². The average molecular weight is 333 g/mol. The lowest BCUT2D eigenvalue weighted by Gasteiger charge is -2.18. The highest BCUT2D eigenvalue weighted by atomic mass is 35.5. The van der Waals surface area contributed by atoms with E-state index in [1.165, 1.54) is 17.0 Å². The summed E-state index contributed by atoms with van der Waals surface area (Å²) in [6, 6.07) is 12.9. The van der Waals surface area contributed by atoms with Crippen molar-refractivity contribution in [2.24, 2.45) is 5.92 Å². The first-order valence-corrected chi connectivity index (χ1v) is 7.54. The highest BCUT2D eigenvalue weighted by molar-refractivity contribution is 6.33. The Bertz CT molecular complexity index is 766. The SMILES string of the molecule is O=C(Nc1ccccc1F)[C@@H]1CC(=O)N(c2ccccc2Cl)C1. The Balaban J connectivity index is 1.74. The van der Waals surface area contributed by atoms with Crippen LogP contribution in [0.3, 0.4) is 0 Å². The molecule has 2 aromatic carbocycles. The van der Waals surface area contributed by atoms with Crippen molar-refractivity contribution in [2.45, 2.75) is 6.42 Å². The van der Waals surface area contributed by atoms with Gasteiger partial charge in [0.2, 0.25) is 11.8 Å². The van der Waals surface area contributed by atoms with Crippen LogP contribution < -0.4 is 10.2 Å². The molecule has 118 valence electrons. The molecule has 6 heteroatoms. The molecular weight excluding hydrogens is 319 g/mol. The number of hydrogen-bond acceptors (Lipinski definition) is 2. The predicted molar refractivity (Wildman–Crippen MR) is 86.9 cm³/mol. The van der Waals surface area contributed by atoms with E-state index in [9.17, 15) is 14.0 Å². The van der Waals surface area contributed by atoms with Gasteiger partial charge in [-0.2, -0.15) is 0 Å². The lowest BCUT2D eigenvalue weighted by Crippen LogP contribution is -2.28. The topological polar surface area (TPSA) is 49.4 Å². The Morgan fingerprint density at radius 3 is 2.61 bits per heavy atom. The average Bonchev–Trinajstić information content (AvgIpc) is 2.92. The monoisotopic (exact) mass is 332 g/mol. The van der Waals surface area contributed by atoms with Crippen molar-refractivity contribution >= 4 is 34.8 Å². The maximum Gasteiger partial charge on any atom is 0.229 e. The van der Waals surface area contributed by atoms with Crippen LogP contribution in [0.15, 0.2) is 48.5 Å². The van der Waals surface area contributed by atoms with Gasteiger partial charge in [0.05, 0.1) is 22.3 Å². The van der Waals surface area contributed by atoms with Crippen molar-refractivity contribution in [3.05, 3.63) is 59.4 Å². The molecule has 1 N–H and O–H groups in total. The van der Waals surface area contributed by atoms with Gasteiger partial charge in [-0.3, -0.25) is 9.59 Å². The fourth-order valence-electron chi connectivity index (χ4n) is 2.58. The molecule has 4 nitrogen and oxygen atoms in total. The van der Waals surface area contributed by atoms with E-state index in [1.54, 1.807) is 36.4 Å². The first-order valence-electron chi connectivity index (χ1n) is 7.16. The molecule has 0 bridgehead atoms. The molecule has 2 aromatic rings. The summed E-state index contributed by atoms with van der Waals surface area (Å²) in [4.78, 5) is 26.0. The van der Waals surface area contributed by atoms with Gasteiger partial charge >= 0.3 is 0 Å². The van der Waals surface area contributed by atoms with E-state index in [4.69, 9.17) is 11.6 Å². The van der Waals surface area contributed by atoms with Crippen molar-refractivity contribution in [3.8, 4) is 0 Å². The maximum absolute atomic E-state index is 13.6. The molecule has 0 unspecified atom stereocenters. The van der Waals surface area contributed by atoms with Gasteiger partial charge in [0.15, 0.2) is 0 Å². The van der Waals surface area contributed by atoms with Crippen LogP contribution in [0, 0.1) is 11.7 Å². The zero-order chi connectivity index (χ0) is 16.4. The largest absolute Gasteiger partial charge is 0.323 e.